The summed E-state index contributed by atoms with van der Waals surface area (Å²) in [5, 5.41) is 32.4. The highest BCUT2D eigenvalue weighted by Crippen LogP contribution is 2.24. The second-order valence-corrected chi connectivity index (χ2v) is 6.82. The first-order valence-corrected chi connectivity index (χ1v) is 9.27. The predicted molar refractivity (Wildman–Crippen MR) is 107 cm³/mol. The summed E-state index contributed by atoms with van der Waals surface area (Å²) in [5.74, 6) is -1.49. The lowest BCUT2D eigenvalue weighted by Crippen LogP contribution is -2.14. The molecule has 0 atom stereocenters. The van der Waals surface area contributed by atoms with Crippen molar-refractivity contribution in [2.45, 2.75) is 5.03 Å². The topological polar surface area (TPSA) is 141 Å². The summed E-state index contributed by atoms with van der Waals surface area (Å²) < 4.78 is 13.3. The van der Waals surface area contributed by atoms with Crippen molar-refractivity contribution in [3.63, 3.8) is 0 Å². The van der Waals surface area contributed by atoms with Crippen molar-refractivity contribution >= 4 is 34.7 Å². The molecular formula is C18H12FN5O5S. The normalized spacial score (nSPS) is 10.4. The first-order valence-electron chi connectivity index (χ1n) is 8.28. The second-order valence-electron chi connectivity index (χ2n) is 5.82. The first-order chi connectivity index (χ1) is 14.3. The molecule has 0 fully saturated rings. The van der Waals surface area contributed by atoms with E-state index in [0.29, 0.717) is 16.3 Å². The third kappa shape index (κ3) is 5.11. The molecule has 0 radical (unpaired) electrons. The molecule has 1 N–H and O–H groups in total. The van der Waals surface area contributed by atoms with E-state index in [2.05, 4.69) is 15.5 Å². The van der Waals surface area contributed by atoms with Crippen molar-refractivity contribution in [2.24, 2.45) is 0 Å². The molecule has 10 nitrogen and oxygen atoms in total. The number of hydrogen-bond donors (Lipinski definition) is 1. The van der Waals surface area contributed by atoms with Gasteiger partial charge < -0.3 is 5.32 Å². The summed E-state index contributed by atoms with van der Waals surface area (Å²) in [7, 11) is 0. The number of nitrogens with one attached hydrogen (secondary N) is 1. The summed E-state index contributed by atoms with van der Waals surface area (Å²) in [4.78, 5) is 32.1. The number of carbonyl (C=O) groups is 1. The number of benzene rings is 2. The number of nitrogens with zero attached hydrogens (tertiary/aromatic N) is 4. The largest absolute Gasteiger partial charge is 0.325 e. The third-order valence-corrected chi connectivity index (χ3v) is 4.71. The van der Waals surface area contributed by atoms with Crippen molar-refractivity contribution in [3.05, 3.63) is 80.6 Å². The minimum atomic E-state index is -0.990. The fourth-order valence-electron chi connectivity index (χ4n) is 2.37. The van der Waals surface area contributed by atoms with Gasteiger partial charge in [-0.2, -0.15) is 4.39 Å². The van der Waals surface area contributed by atoms with Gasteiger partial charge in [0.2, 0.25) is 11.7 Å². The van der Waals surface area contributed by atoms with E-state index in [-0.39, 0.29) is 17.1 Å². The Morgan fingerprint density at radius 3 is 2.33 bits per heavy atom. The quantitative estimate of drug-likeness (QED) is 0.339. The van der Waals surface area contributed by atoms with E-state index in [4.69, 9.17) is 0 Å². The molecular weight excluding hydrogens is 417 g/mol. The number of nitro benzene ring substituents is 2. The Balaban J connectivity index is 1.58. The molecule has 0 aliphatic heterocycles. The summed E-state index contributed by atoms with van der Waals surface area (Å²) in [6, 6.07) is 12.2. The summed E-state index contributed by atoms with van der Waals surface area (Å²) in [6.45, 7) is 0. The van der Waals surface area contributed by atoms with E-state index in [1.165, 1.54) is 18.2 Å². The molecule has 2 aromatic carbocycles. The molecule has 0 aliphatic rings. The number of anilines is 1. The van der Waals surface area contributed by atoms with E-state index in [1.807, 2.05) is 0 Å². The number of amides is 1. The fourth-order valence-corrected chi connectivity index (χ4v) is 2.99. The van der Waals surface area contributed by atoms with Gasteiger partial charge in [0.15, 0.2) is 0 Å². The molecule has 0 saturated heterocycles. The highest BCUT2D eigenvalue weighted by molar-refractivity contribution is 7.99. The van der Waals surface area contributed by atoms with Gasteiger partial charge in [-0.05, 0) is 36.4 Å². The lowest BCUT2D eigenvalue weighted by Gasteiger charge is -2.05. The molecule has 0 bridgehead atoms. The van der Waals surface area contributed by atoms with E-state index in [9.17, 15) is 29.4 Å². The highest BCUT2D eigenvalue weighted by Gasteiger charge is 2.15. The van der Waals surface area contributed by atoms with Gasteiger partial charge in [-0.1, -0.05) is 11.8 Å². The maximum atomic E-state index is 13.3. The Labute approximate surface area is 172 Å². The van der Waals surface area contributed by atoms with Crippen molar-refractivity contribution in [1.82, 2.24) is 10.2 Å². The van der Waals surface area contributed by atoms with Gasteiger partial charge in [0, 0.05) is 29.4 Å². The Morgan fingerprint density at radius 1 is 1.00 bits per heavy atom. The molecule has 1 aromatic heterocycles. The minimum Gasteiger partial charge on any atom is -0.325 e. The van der Waals surface area contributed by atoms with Crippen LogP contribution in [0, 0.1) is 26.0 Å². The van der Waals surface area contributed by atoms with Gasteiger partial charge in [-0.25, -0.2) is 0 Å². The predicted octanol–water partition coefficient (Wildman–Crippen LogP) is 3.83. The lowest BCUT2D eigenvalue weighted by molar-refractivity contribution is -0.387. The number of carbonyl (C=O) groups excluding carboxylic acids is 1. The molecule has 12 heteroatoms. The second kappa shape index (κ2) is 9.05. The van der Waals surface area contributed by atoms with Crippen LogP contribution in [0.4, 0.5) is 21.5 Å². The summed E-state index contributed by atoms with van der Waals surface area (Å²) in [6.07, 6.45) is 0. The zero-order valence-electron chi connectivity index (χ0n) is 15.0. The Hall–Kier alpha value is -3.93. The zero-order chi connectivity index (χ0) is 21.7. The van der Waals surface area contributed by atoms with Crippen molar-refractivity contribution in [3.8, 4) is 11.3 Å². The first kappa shape index (κ1) is 20.8. The van der Waals surface area contributed by atoms with Gasteiger partial charge in [0.25, 0.3) is 5.69 Å². The number of hydrogen-bond acceptors (Lipinski definition) is 8. The maximum absolute atomic E-state index is 13.3. The van der Waals surface area contributed by atoms with Crippen LogP contribution < -0.4 is 5.32 Å². The summed E-state index contributed by atoms with van der Waals surface area (Å²) >= 11 is 1.09. The number of aromatic nitrogens is 2. The Morgan fingerprint density at radius 2 is 1.73 bits per heavy atom. The van der Waals surface area contributed by atoms with E-state index >= 15 is 0 Å². The average molecular weight is 429 g/mol. The Kier molecular flexibility index (Phi) is 6.27. The van der Waals surface area contributed by atoms with Crippen LogP contribution in [0.2, 0.25) is 0 Å². The van der Waals surface area contributed by atoms with Crippen LogP contribution in [0.15, 0.2) is 59.6 Å². The number of nitro groups is 2. The SMILES string of the molecule is O=C(CSc1ccc(-c2ccc([N+](=O)[O-])cc2)nn1)Nc1ccc(F)c([N+](=O)[O-])c1. The van der Waals surface area contributed by atoms with E-state index < -0.39 is 27.3 Å². The van der Waals surface area contributed by atoms with Gasteiger partial charge >= 0.3 is 5.69 Å². The molecule has 0 spiro atoms. The zero-order valence-corrected chi connectivity index (χ0v) is 15.8. The molecule has 0 aliphatic carbocycles. The Bertz CT molecular complexity index is 1110. The monoisotopic (exact) mass is 429 g/mol. The smallest absolute Gasteiger partial charge is 0.306 e. The molecule has 3 aromatic rings. The molecule has 1 amide bonds. The van der Waals surface area contributed by atoms with Crippen LogP contribution in [-0.4, -0.2) is 31.7 Å². The number of thioether (sulfide) groups is 1. The molecule has 0 unspecified atom stereocenters. The van der Waals surface area contributed by atoms with Crippen molar-refractivity contribution in [2.75, 3.05) is 11.1 Å². The van der Waals surface area contributed by atoms with Gasteiger partial charge in [-0.15, -0.1) is 10.2 Å². The van der Waals surface area contributed by atoms with Gasteiger partial charge in [-0.3, -0.25) is 25.0 Å². The fraction of sp³-hybridized carbons (Fsp3) is 0.0556. The maximum Gasteiger partial charge on any atom is 0.306 e. The molecule has 1 heterocycles. The molecule has 3 rings (SSSR count). The van der Waals surface area contributed by atoms with Crippen LogP contribution >= 0.6 is 11.8 Å². The number of rotatable bonds is 7. The standard InChI is InChI=1S/C18H12FN5O5S/c19-14-6-3-12(9-16(14)24(28)29)20-17(25)10-30-18-8-7-15(21-22-18)11-1-4-13(5-2-11)23(26)27/h1-9H,10H2,(H,20,25). The van der Waals surface area contributed by atoms with Crippen LogP contribution in [0.5, 0.6) is 0 Å². The molecule has 0 saturated carbocycles. The van der Waals surface area contributed by atoms with E-state index in [0.717, 1.165) is 23.9 Å². The van der Waals surface area contributed by atoms with Crippen LogP contribution in [0.1, 0.15) is 0 Å². The number of non-ortho nitro benzene ring substituents is 1. The van der Waals surface area contributed by atoms with Gasteiger partial charge in [0.1, 0.15) is 5.03 Å². The van der Waals surface area contributed by atoms with Crippen LogP contribution in [0.3, 0.4) is 0 Å². The van der Waals surface area contributed by atoms with Crippen LogP contribution in [0.25, 0.3) is 11.3 Å². The third-order valence-electron chi connectivity index (χ3n) is 3.79. The lowest BCUT2D eigenvalue weighted by atomic mass is 10.1. The molecule has 152 valence electrons. The average Bonchev–Trinajstić information content (AvgIpc) is 2.74. The van der Waals surface area contributed by atoms with Crippen LogP contribution in [-0.2, 0) is 4.79 Å². The van der Waals surface area contributed by atoms with Gasteiger partial charge in [0.05, 0.1) is 21.3 Å². The highest BCUT2D eigenvalue weighted by atomic mass is 32.2. The van der Waals surface area contributed by atoms with Crippen molar-refractivity contribution < 1.29 is 19.0 Å². The van der Waals surface area contributed by atoms with E-state index in [1.54, 1.807) is 24.3 Å². The number of halogens is 1. The van der Waals surface area contributed by atoms with Crippen molar-refractivity contribution in [1.29, 1.82) is 0 Å². The minimum absolute atomic E-state index is 0.0311. The summed E-state index contributed by atoms with van der Waals surface area (Å²) in [5.41, 5.74) is 0.510. The molecule has 30 heavy (non-hydrogen) atoms.